The molecule has 2 spiro atoms. The van der Waals surface area contributed by atoms with Crippen LogP contribution in [0.1, 0.15) is 56.9 Å². The van der Waals surface area contributed by atoms with Crippen molar-refractivity contribution in [2.45, 2.75) is 64.9 Å². The fourth-order valence-electron chi connectivity index (χ4n) is 7.25. The number of fused-ring (bicyclic) bond motifs is 5. The molecule has 2 heterocycles. The van der Waals surface area contributed by atoms with Gasteiger partial charge in [-0.05, 0) is 71.7 Å². The summed E-state index contributed by atoms with van der Waals surface area (Å²) in [5.41, 5.74) is -2.24. The predicted octanol–water partition coefficient (Wildman–Crippen LogP) is 3.71. The second-order valence-electron chi connectivity index (χ2n) is 12.1. The lowest BCUT2D eigenvalue weighted by atomic mass is 9.54. The normalized spacial score (nSPS) is 27.4. The average molecular weight is 577 g/mol. The summed E-state index contributed by atoms with van der Waals surface area (Å²) in [5, 5.41) is 5.74. The standard InChI is InChI=1S/C32H36N2O8/c1-8-40-26(36)23-22(25(35)42-30(5,6)7)24(27(37)41-9-2)32(19-15-17(4)11-13-21(19)34-29(32)39)31(23)18-14-16(3)10-12-20(18)33-28(31)38/h10-15,22-24H,8-9H2,1-7H3,(H,33,38)(H,34,39). The molecule has 5 rings (SSSR count). The van der Waals surface area contributed by atoms with Crippen LogP contribution in [0.2, 0.25) is 0 Å². The van der Waals surface area contributed by atoms with Gasteiger partial charge >= 0.3 is 17.9 Å². The number of hydrogen-bond donors (Lipinski definition) is 2. The van der Waals surface area contributed by atoms with Gasteiger partial charge in [0, 0.05) is 11.4 Å². The van der Waals surface area contributed by atoms with Crippen LogP contribution in [0.25, 0.3) is 0 Å². The number of nitrogens with one attached hydrogen (secondary N) is 2. The van der Waals surface area contributed by atoms with Crippen molar-refractivity contribution in [1.29, 1.82) is 0 Å². The van der Waals surface area contributed by atoms with Crippen LogP contribution in [-0.4, -0.2) is 48.5 Å². The molecule has 0 radical (unpaired) electrons. The SMILES string of the molecule is CCOC(=O)C1C(C(=O)OC(C)(C)C)C(C(=O)OCC)C2(C(=O)Nc3ccc(C)cc32)C12C(=O)Nc1ccc(C)cc12. The summed E-state index contributed by atoms with van der Waals surface area (Å²) in [7, 11) is 0. The maximum absolute atomic E-state index is 14.7. The van der Waals surface area contributed by atoms with Crippen molar-refractivity contribution in [2.75, 3.05) is 23.8 Å². The molecule has 2 amide bonds. The highest BCUT2D eigenvalue weighted by molar-refractivity contribution is 6.22. The zero-order chi connectivity index (χ0) is 30.8. The smallest absolute Gasteiger partial charge is 0.311 e. The molecule has 0 bridgehead atoms. The van der Waals surface area contributed by atoms with Crippen LogP contribution in [0.5, 0.6) is 0 Å². The second-order valence-corrected chi connectivity index (χ2v) is 12.1. The molecule has 2 aromatic carbocycles. The van der Waals surface area contributed by atoms with E-state index in [4.69, 9.17) is 14.2 Å². The minimum Gasteiger partial charge on any atom is -0.466 e. The third-order valence-electron chi connectivity index (χ3n) is 8.45. The van der Waals surface area contributed by atoms with E-state index in [0.717, 1.165) is 11.1 Å². The van der Waals surface area contributed by atoms with Crippen LogP contribution in [-0.2, 0) is 49.0 Å². The van der Waals surface area contributed by atoms with E-state index >= 15 is 0 Å². The molecule has 2 N–H and O–H groups in total. The largest absolute Gasteiger partial charge is 0.466 e. The molecule has 1 fully saturated rings. The minimum atomic E-state index is -2.07. The van der Waals surface area contributed by atoms with Crippen molar-refractivity contribution < 1.29 is 38.2 Å². The van der Waals surface area contributed by atoms with Gasteiger partial charge in [0.1, 0.15) is 16.4 Å². The molecule has 42 heavy (non-hydrogen) atoms. The lowest BCUT2D eigenvalue weighted by Crippen LogP contribution is -2.61. The number of anilines is 2. The van der Waals surface area contributed by atoms with E-state index in [1.165, 1.54) is 0 Å². The van der Waals surface area contributed by atoms with Crippen LogP contribution < -0.4 is 10.6 Å². The van der Waals surface area contributed by atoms with Gasteiger partial charge in [-0.1, -0.05) is 35.4 Å². The predicted molar refractivity (Wildman–Crippen MR) is 153 cm³/mol. The van der Waals surface area contributed by atoms with Crippen LogP contribution in [0.3, 0.4) is 0 Å². The Balaban J connectivity index is 2.00. The Morgan fingerprint density at radius 3 is 1.50 bits per heavy atom. The van der Waals surface area contributed by atoms with Gasteiger partial charge < -0.3 is 24.8 Å². The van der Waals surface area contributed by atoms with Gasteiger partial charge in [-0.15, -0.1) is 0 Å². The van der Waals surface area contributed by atoms with Gasteiger partial charge in [0.2, 0.25) is 11.8 Å². The molecule has 1 saturated carbocycles. The number of ether oxygens (including phenoxy) is 3. The van der Waals surface area contributed by atoms with Crippen LogP contribution in [0.15, 0.2) is 36.4 Å². The van der Waals surface area contributed by atoms with Crippen molar-refractivity contribution in [3.63, 3.8) is 0 Å². The number of aryl methyl sites for hydroxylation is 2. The highest BCUT2D eigenvalue weighted by Gasteiger charge is 2.84. The number of carbonyl (C=O) groups excluding carboxylic acids is 5. The first-order valence-electron chi connectivity index (χ1n) is 14.2. The Hall–Kier alpha value is -4.21. The van der Waals surface area contributed by atoms with E-state index in [0.29, 0.717) is 22.5 Å². The number of carbonyl (C=O) groups is 5. The first-order chi connectivity index (χ1) is 19.7. The van der Waals surface area contributed by atoms with Gasteiger partial charge in [-0.2, -0.15) is 0 Å². The molecular weight excluding hydrogens is 540 g/mol. The number of benzene rings is 2. The fraction of sp³-hybridized carbons (Fsp3) is 0.469. The molecule has 0 aromatic heterocycles. The van der Waals surface area contributed by atoms with Gasteiger partial charge in [-0.3, -0.25) is 24.0 Å². The van der Waals surface area contributed by atoms with Crippen LogP contribution in [0.4, 0.5) is 11.4 Å². The summed E-state index contributed by atoms with van der Waals surface area (Å²) in [6, 6.07) is 10.4. The topological polar surface area (TPSA) is 137 Å². The number of esters is 3. The minimum absolute atomic E-state index is 0.0618. The van der Waals surface area contributed by atoms with Crippen LogP contribution in [0, 0.1) is 31.6 Å². The maximum atomic E-state index is 14.7. The van der Waals surface area contributed by atoms with Crippen molar-refractivity contribution in [2.24, 2.45) is 17.8 Å². The lowest BCUT2D eigenvalue weighted by molar-refractivity contribution is -0.173. The first-order valence-corrected chi connectivity index (χ1v) is 14.2. The quantitative estimate of drug-likeness (QED) is 0.406. The Bertz CT molecular complexity index is 1430. The summed E-state index contributed by atoms with van der Waals surface area (Å²) in [6.45, 7) is 11.7. The molecule has 0 saturated heterocycles. The van der Waals surface area contributed by atoms with Gasteiger partial charge in [0.05, 0.1) is 31.0 Å². The molecule has 2 aromatic rings. The Labute approximate surface area is 244 Å². The molecule has 10 heteroatoms. The summed E-state index contributed by atoms with van der Waals surface area (Å²) in [4.78, 5) is 71.9. The zero-order valence-electron chi connectivity index (χ0n) is 24.9. The van der Waals surface area contributed by atoms with Crippen molar-refractivity contribution >= 4 is 41.1 Å². The Morgan fingerprint density at radius 1 is 0.738 bits per heavy atom. The third kappa shape index (κ3) is 3.87. The molecule has 1 aliphatic carbocycles. The summed E-state index contributed by atoms with van der Waals surface area (Å²) < 4.78 is 16.9. The highest BCUT2D eigenvalue weighted by atomic mass is 16.6. The summed E-state index contributed by atoms with van der Waals surface area (Å²) >= 11 is 0. The first kappa shape index (κ1) is 29.3. The van der Waals surface area contributed by atoms with E-state index in [9.17, 15) is 24.0 Å². The molecule has 2 aliphatic heterocycles. The molecule has 4 atom stereocenters. The molecule has 222 valence electrons. The number of amides is 2. The number of rotatable bonds is 5. The summed E-state index contributed by atoms with van der Waals surface area (Å²) in [6.07, 6.45) is 0. The molecular formula is C32H36N2O8. The van der Waals surface area contributed by atoms with Crippen LogP contribution >= 0.6 is 0 Å². The van der Waals surface area contributed by atoms with Crippen molar-refractivity contribution in [3.05, 3.63) is 58.7 Å². The summed E-state index contributed by atoms with van der Waals surface area (Å²) in [5.74, 6) is -8.88. The van der Waals surface area contributed by atoms with E-state index < -0.39 is 63.9 Å². The van der Waals surface area contributed by atoms with Crippen molar-refractivity contribution in [1.82, 2.24) is 0 Å². The Kier molecular flexibility index (Phi) is 6.94. The van der Waals surface area contributed by atoms with E-state index in [2.05, 4.69) is 10.6 Å². The molecule has 4 unspecified atom stereocenters. The van der Waals surface area contributed by atoms with Gasteiger partial charge in [-0.25, -0.2) is 0 Å². The number of hydrogen-bond acceptors (Lipinski definition) is 8. The van der Waals surface area contributed by atoms with E-state index in [-0.39, 0.29) is 13.2 Å². The molecule has 3 aliphatic rings. The highest BCUT2D eigenvalue weighted by Crippen LogP contribution is 2.70. The van der Waals surface area contributed by atoms with E-state index in [1.54, 1.807) is 71.0 Å². The fourth-order valence-corrected chi connectivity index (χ4v) is 7.25. The average Bonchev–Trinajstić information content (AvgIpc) is 3.46. The molecule has 10 nitrogen and oxygen atoms in total. The Morgan fingerprint density at radius 2 is 1.14 bits per heavy atom. The zero-order valence-corrected chi connectivity index (χ0v) is 24.9. The monoisotopic (exact) mass is 576 g/mol. The van der Waals surface area contributed by atoms with Gasteiger partial charge in [0.15, 0.2) is 0 Å². The lowest BCUT2D eigenvalue weighted by Gasteiger charge is -2.42. The van der Waals surface area contributed by atoms with E-state index in [1.807, 2.05) is 13.8 Å². The van der Waals surface area contributed by atoms with Gasteiger partial charge in [0.25, 0.3) is 0 Å². The van der Waals surface area contributed by atoms with Crippen molar-refractivity contribution in [3.8, 4) is 0 Å². The third-order valence-corrected chi connectivity index (χ3v) is 8.45. The maximum Gasteiger partial charge on any atom is 0.311 e. The second kappa shape index (κ2) is 9.96.